The molecule has 0 radical (unpaired) electrons. The number of halogens is 1. The average molecular weight is 247 g/mol. The number of hydrogen-bond donors (Lipinski definition) is 1. The summed E-state index contributed by atoms with van der Waals surface area (Å²) in [5.41, 5.74) is -0.648. The number of hydrogen-bond acceptors (Lipinski definition) is 2. The minimum absolute atomic E-state index is 0.0930. The summed E-state index contributed by atoms with van der Waals surface area (Å²) >= 11 is 5.20. The van der Waals surface area contributed by atoms with E-state index in [0.717, 1.165) is 0 Å². The first-order chi connectivity index (χ1) is 6.94. The van der Waals surface area contributed by atoms with Gasteiger partial charge in [-0.15, -0.1) is 0 Å². The monoisotopic (exact) mass is 246 g/mol. The third kappa shape index (κ3) is 3.16. The molecule has 1 rings (SSSR count). The Balaban J connectivity index is 2.93. The first-order valence-electron chi connectivity index (χ1n) is 4.51. The van der Waals surface area contributed by atoms with Gasteiger partial charge in [0.2, 0.25) is 12.6 Å². The number of rotatable bonds is 4. The van der Waals surface area contributed by atoms with E-state index in [2.05, 4.69) is 0 Å². The molecule has 0 amide bonds. The highest BCUT2D eigenvalue weighted by Crippen LogP contribution is 2.46. The molecule has 15 heavy (non-hydrogen) atoms. The molecule has 82 valence electrons. The molecule has 2 unspecified atom stereocenters. The van der Waals surface area contributed by atoms with Gasteiger partial charge in [0, 0.05) is 17.4 Å². The molecule has 1 aromatic carbocycles. The summed E-state index contributed by atoms with van der Waals surface area (Å²) in [5, 5.41) is -0.233. The zero-order valence-corrected chi connectivity index (χ0v) is 9.91. The van der Waals surface area contributed by atoms with Crippen molar-refractivity contribution in [3.8, 4) is 0 Å². The predicted molar refractivity (Wildman–Crippen MR) is 60.8 cm³/mol. The molecule has 5 heteroatoms. The summed E-state index contributed by atoms with van der Waals surface area (Å²) < 4.78 is 12.0. The molecule has 0 aromatic heterocycles. The first-order valence-corrected chi connectivity index (χ1v) is 6.61. The molecule has 0 aliphatic heterocycles. The van der Waals surface area contributed by atoms with Gasteiger partial charge in [-0.05, 0) is 23.7 Å². The Morgan fingerprint density at radius 2 is 2.00 bits per heavy atom. The van der Waals surface area contributed by atoms with Crippen LogP contribution in [0.5, 0.6) is 0 Å². The molecule has 0 aliphatic rings. The maximum atomic E-state index is 12.0. The van der Waals surface area contributed by atoms with Crippen molar-refractivity contribution in [3.63, 3.8) is 0 Å². The van der Waals surface area contributed by atoms with Crippen molar-refractivity contribution >= 4 is 29.5 Å². The van der Waals surface area contributed by atoms with Crippen molar-refractivity contribution in [2.24, 2.45) is 0 Å². The smallest absolute Gasteiger partial charge is 0.232 e. The molecular weight excluding hydrogens is 235 g/mol. The summed E-state index contributed by atoms with van der Waals surface area (Å²) in [7, 11) is -3.50. The zero-order valence-electron chi connectivity index (χ0n) is 8.26. The van der Waals surface area contributed by atoms with E-state index in [0.29, 0.717) is 5.30 Å². The van der Waals surface area contributed by atoms with Crippen LogP contribution in [0.1, 0.15) is 13.3 Å². The topological polar surface area (TPSA) is 54.4 Å². The van der Waals surface area contributed by atoms with Crippen LogP contribution in [0, 0.1) is 0 Å². The van der Waals surface area contributed by atoms with Gasteiger partial charge < -0.3 is 4.89 Å². The van der Waals surface area contributed by atoms with Gasteiger partial charge in [-0.3, -0.25) is 9.36 Å². The first kappa shape index (κ1) is 12.4. The van der Waals surface area contributed by atoms with Crippen molar-refractivity contribution in [1.82, 2.24) is 0 Å². The fraction of sp³-hybridized carbons (Fsp3) is 0.300. The molecular formula is C10H12ClO3P. The Hall–Kier alpha value is -0.630. The normalized spacial score (nSPS) is 16.7. The Kier molecular flexibility index (Phi) is 4.09. The second kappa shape index (κ2) is 4.93. The van der Waals surface area contributed by atoms with Crippen LogP contribution in [0.2, 0.25) is 0 Å². The summed E-state index contributed by atoms with van der Waals surface area (Å²) in [5.74, 6) is 0. The predicted octanol–water partition coefficient (Wildman–Crippen LogP) is 2.13. The molecule has 1 aromatic rings. The second-order valence-corrected chi connectivity index (χ2v) is 6.43. The summed E-state index contributed by atoms with van der Waals surface area (Å²) in [4.78, 5) is 20.5. The van der Waals surface area contributed by atoms with E-state index in [1.54, 1.807) is 37.3 Å². The molecule has 0 heterocycles. The lowest BCUT2D eigenvalue weighted by atomic mass is 10.3. The van der Waals surface area contributed by atoms with Gasteiger partial charge in [-0.2, -0.15) is 0 Å². The van der Waals surface area contributed by atoms with Crippen LogP contribution in [0.25, 0.3) is 0 Å². The Morgan fingerprint density at radius 3 is 2.47 bits per heavy atom. The number of carbonyl (C=O) groups is 1. The highest BCUT2D eigenvalue weighted by Gasteiger charge is 2.30. The van der Waals surface area contributed by atoms with E-state index in [4.69, 9.17) is 11.6 Å². The fourth-order valence-corrected chi connectivity index (χ4v) is 3.11. The minimum Gasteiger partial charge on any atom is -0.341 e. The molecule has 3 nitrogen and oxygen atoms in total. The van der Waals surface area contributed by atoms with E-state index in [1.807, 2.05) is 0 Å². The number of benzene rings is 1. The van der Waals surface area contributed by atoms with Crippen LogP contribution < -0.4 is 5.30 Å². The molecule has 1 N–H and O–H groups in total. The minimum atomic E-state index is -3.50. The third-order valence-corrected chi connectivity index (χ3v) is 4.75. The van der Waals surface area contributed by atoms with Gasteiger partial charge in [0.05, 0.1) is 0 Å². The van der Waals surface area contributed by atoms with E-state index in [-0.39, 0.29) is 6.42 Å². The van der Waals surface area contributed by atoms with Gasteiger partial charge in [0.1, 0.15) is 0 Å². The average Bonchev–Trinajstić information content (AvgIpc) is 2.18. The van der Waals surface area contributed by atoms with Gasteiger partial charge in [-0.25, -0.2) is 0 Å². The summed E-state index contributed by atoms with van der Waals surface area (Å²) in [6.07, 6.45) is -0.0930. The van der Waals surface area contributed by atoms with E-state index >= 15 is 0 Å². The second-order valence-electron chi connectivity index (χ2n) is 3.37. The summed E-state index contributed by atoms with van der Waals surface area (Å²) in [6, 6.07) is 8.30. The van der Waals surface area contributed by atoms with E-state index < -0.39 is 18.3 Å². The van der Waals surface area contributed by atoms with E-state index in [9.17, 15) is 14.3 Å². The fourth-order valence-electron chi connectivity index (χ4n) is 1.25. The molecule has 2 atom stereocenters. The molecule has 0 bridgehead atoms. The maximum Gasteiger partial charge on any atom is 0.232 e. The van der Waals surface area contributed by atoms with Gasteiger partial charge in [-0.1, -0.05) is 25.1 Å². The zero-order chi connectivity index (χ0) is 11.5. The van der Waals surface area contributed by atoms with Gasteiger partial charge in [0.15, 0.2) is 0 Å². The lowest BCUT2D eigenvalue weighted by Crippen LogP contribution is -2.16. The van der Waals surface area contributed by atoms with Crippen molar-refractivity contribution in [3.05, 3.63) is 30.3 Å². The van der Waals surface area contributed by atoms with Gasteiger partial charge in [0.25, 0.3) is 0 Å². The van der Waals surface area contributed by atoms with E-state index in [1.165, 1.54) is 0 Å². The number of carbonyl (C=O) groups excluding carboxylic acids is 1. The van der Waals surface area contributed by atoms with Gasteiger partial charge >= 0.3 is 0 Å². The standard InChI is InChI=1S/C10H12ClO3P/c1-8(7-10(11)12)15(13,14)9-5-3-2-4-6-9/h2-6,8H,7H2,1H3,(H,13,14). The summed E-state index contributed by atoms with van der Waals surface area (Å²) in [6.45, 7) is 1.55. The molecule has 0 fully saturated rings. The SMILES string of the molecule is CC(CC(=O)Cl)P(=O)(O)c1ccccc1. The van der Waals surface area contributed by atoms with Crippen LogP contribution in [0.4, 0.5) is 0 Å². The van der Waals surface area contributed by atoms with Crippen LogP contribution in [0.3, 0.4) is 0 Å². The Labute approximate surface area is 93.5 Å². The largest absolute Gasteiger partial charge is 0.341 e. The highest BCUT2D eigenvalue weighted by atomic mass is 35.5. The Morgan fingerprint density at radius 1 is 1.47 bits per heavy atom. The molecule has 0 saturated carbocycles. The molecule has 0 aliphatic carbocycles. The molecule has 0 saturated heterocycles. The van der Waals surface area contributed by atoms with Crippen molar-refractivity contribution in [2.45, 2.75) is 19.0 Å². The van der Waals surface area contributed by atoms with Crippen molar-refractivity contribution < 1.29 is 14.3 Å². The van der Waals surface area contributed by atoms with Crippen molar-refractivity contribution in [2.75, 3.05) is 0 Å². The maximum absolute atomic E-state index is 12.0. The lowest BCUT2D eigenvalue weighted by molar-refractivity contribution is -0.111. The highest BCUT2D eigenvalue weighted by molar-refractivity contribution is 7.66. The van der Waals surface area contributed by atoms with Crippen LogP contribution in [-0.4, -0.2) is 15.8 Å². The van der Waals surface area contributed by atoms with Crippen molar-refractivity contribution in [1.29, 1.82) is 0 Å². The van der Waals surface area contributed by atoms with Crippen LogP contribution in [-0.2, 0) is 9.36 Å². The Bertz CT molecular complexity index is 391. The van der Waals surface area contributed by atoms with Crippen LogP contribution >= 0.6 is 19.0 Å². The third-order valence-electron chi connectivity index (χ3n) is 2.18. The quantitative estimate of drug-likeness (QED) is 0.654. The van der Waals surface area contributed by atoms with Crippen LogP contribution in [0.15, 0.2) is 30.3 Å². The molecule has 0 spiro atoms. The lowest BCUT2D eigenvalue weighted by Gasteiger charge is -2.17.